The fourth-order valence-corrected chi connectivity index (χ4v) is 11.4. The Hall–Kier alpha value is 0.217. The quantitative estimate of drug-likeness (QED) is 0.585. The molecule has 0 heterocycles. The zero-order chi connectivity index (χ0) is 11.5. The third-order valence-electron chi connectivity index (χ3n) is 6.08. The molecule has 0 N–H and O–H groups in total. The first-order valence-corrected chi connectivity index (χ1v) is 10.4. The molecule has 98 valence electrons. The highest BCUT2D eigenvalue weighted by Gasteiger charge is 2.39. The van der Waals surface area contributed by atoms with Crippen LogP contribution in [0.1, 0.15) is 83.5 Å². The van der Waals surface area contributed by atoms with Gasteiger partial charge < -0.3 is 0 Å². The summed E-state index contributed by atoms with van der Waals surface area (Å²) in [5, 5.41) is 0. The fraction of sp³-hybridized carbons (Fsp3) is 1.00. The predicted octanol–water partition coefficient (Wildman–Crippen LogP) is 5.44. The lowest BCUT2D eigenvalue weighted by Crippen LogP contribution is -2.31. The van der Waals surface area contributed by atoms with Crippen LogP contribution >= 0.6 is 0 Å². The van der Waals surface area contributed by atoms with Crippen molar-refractivity contribution in [3.63, 3.8) is 0 Å². The molecule has 0 spiro atoms. The van der Waals surface area contributed by atoms with Crippen LogP contribution in [-0.4, -0.2) is 8.80 Å². The van der Waals surface area contributed by atoms with Crippen LogP contribution in [0.2, 0.25) is 16.6 Å². The first kappa shape index (κ1) is 12.3. The van der Waals surface area contributed by atoms with Crippen LogP contribution < -0.4 is 0 Å². The smallest absolute Gasteiger partial charge is 0.0461 e. The maximum Gasteiger partial charge on any atom is 0.0461 e. The van der Waals surface area contributed by atoms with Crippen molar-refractivity contribution in [1.29, 1.82) is 0 Å². The van der Waals surface area contributed by atoms with E-state index in [-0.39, 0.29) is 0 Å². The molecule has 3 fully saturated rings. The van der Waals surface area contributed by atoms with Crippen LogP contribution in [0.5, 0.6) is 0 Å². The van der Waals surface area contributed by atoms with Gasteiger partial charge in [0.2, 0.25) is 0 Å². The van der Waals surface area contributed by atoms with E-state index in [1.54, 1.807) is 83.5 Å². The molecular formula is C16H30Si. The Labute approximate surface area is 109 Å². The summed E-state index contributed by atoms with van der Waals surface area (Å²) in [6.07, 6.45) is 20.9. The van der Waals surface area contributed by atoms with Crippen LogP contribution in [0, 0.1) is 0 Å². The van der Waals surface area contributed by atoms with Gasteiger partial charge in [-0.1, -0.05) is 83.5 Å². The van der Waals surface area contributed by atoms with Crippen LogP contribution in [-0.2, 0) is 0 Å². The molecule has 0 aromatic heterocycles. The topological polar surface area (TPSA) is 0 Å². The minimum Gasteiger partial charge on any atom is -0.0533 e. The van der Waals surface area contributed by atoms with E-state index >= 15 is 0 Å². The van der Waals surface area contributed by atoms with Gasteiger partial charge in [0.25, 0.3) is 0 Å². The minimum absolute atomic E-state index is 0.420. The first-order chi connectivity index (χ1) is 8.45. The van der Waals surface area contributed by atoms with E-state index in [4.69, 9.17) is 0 Å². The normalized spacial score (nSPS) is 29.5. The van der Waals surface area contributed by atoms with Gasteiger partial charge in [0.1, 0.15) is 0 Å². The Balaban J connectivity index is 1.69. The maximum absolute atomic E-state index is 1.64. The standard InChI is InChI=1S/C16H30Si/c1-2-8-14(9-3-1)17(15-10-4-5-11-15)16-12-6-7-13-16/h14-17H,1-13H2. The summed E-state index contributed by atoms with van der Waals surface area (Å²) in [7, 11) is -0.420. The average Bonchev–Trinajstić information content (AvgIpc) is 3.04. The van der Waals surface area contributed by atoms with E-state index in [0.29, 0.717) is 0 Å². The molecule has 3 rings (SSSR count). The zero-order valence-corrected chi connectivity index (χ0v) is 12.7. The van der Waals surface area contributed by atoms with Gasteiger partial charge in [-0.25, -0.2) is 0 Å². The molecule has 3 saturated carbocycles. The second-order valence-corrected chi connectivity index (χ2v) is 11.0. The van der Waals surface area contributed by atoms with Gasteiger partial charge in [-0.05, 0) is 16.6 Å². The molecule has 0 aliphatic heterocycles. The number of hydrogen-bond donors (Lipinski definition) is 0. The Morgan fingerprint density at radius 2 is 0.706 bits per heavy atom. The minimum atomic E-state index is -0.420. The van der Waals surface area contributed by atoms with Gasteiger partial charge in [0, 0.05) is 8.80 Å². The molecule has 0 aromatic carbocycles. The lowest BCUT2D eigenvalue weighted by Gasteiger charge is -2.37. The summed E-state index contributed by atoms with van der Waals surface area (Å²) >= 11 is 0. The molecule has 0 unspecified atom stereocenters. The van der Waals surface area contributed by atoms with E-state index < -0.39 is 8.80 Å². The van der Waals surface area contributed by atoms with E-state index in [1.807, 2.05) is 0 Å². The summed E-state index contributed by atoms with van der Waals surface area (Å²) in [5.41, 5.74) is 3.83. The molecule has 3 aliphatic carbocycles. The van der Waals surface area contributed by atoms with Crippen molar-refractivity contribution in [3.05, 3.63) is 0 Å². The largest absolute Gasteiger partial charge is 0.0533 e. The van der Waals surface area contributed by atoms with Gasteiger partial charge in [-0.2, -0.15) is 0 Å². The van der Waals surface area contributed by atoms with Crippen LogP contribution in [0.4, 0.5) is 0 Å². The molecule has 17 heavy (non-hydrogen) atoms. The Kier molecular flexibility index (Phi) is 4.26. The molecule has 0 bridgehead atoms. The Morgan fingerprint density at radius 3 is 1.06 bits per heavy atom. The maximum atomic E-state index is 1.64. The van der Waals surface area contributed by atoms with Gasteiger partial charge in [0.05, 0.1) is 0 Å². The van der Waals surface area contributed by atoms with Gasteiger partial charge >= 0.3 is 0 Å². The SMILES string of the molecule is C1CCC([SiH](C2CCCC2)C2CCCC2)CC1. The molecule has 3 aliphatic rings. The molecular weight excluding hydrogens is 220 g/mol. The first-order valence-electron chi connectivity index (χ1n) is 8.45. The number of hydrogen-bond acceptors (Lipinski definition) is 0. The highest BCUT2D eigenvalue weighted by Crippen LogP contribution is 2.50. The van der Waals surface area contributed by atoms with Crippen LogP contribution in [0.25, 0.3) is 0 Å². The Bertz CT molecular complexity index is 204. The molecule has 1 heteroatoms. The molecule has 0 atom stereocenters. The summed E-state index contributed by atoms with van der Waals surface area (Å²) < 4.78 is 0. The van der Waals surface area contributed by atoms with Gasteiger partial charge in [-0.3, -0.25) is 0 Å². The third-order valence-corrected chi connectivity index (χ3v) is 11.3. The van der Waals surface area contributed by atoms with E-state index in [9.17, 15) is 0 Å². The lowest BCUT2D eigenvalue weighted by atomic mass is 10.0. The molecule has 0 aromatic rings. The second-order valence-electron chi connectivity index (χ2n) is 7.06. The third kappa shape index (κ3) is 2.80. The van der Waals surface area contributed by atoms with Gasteiger partial charge in [-0.15, -0.1) is 0 Å². The summed E-state index contributed by atoms with van der Waals surface area (Å²) in [6, 6.07) is 0. The highest BCUT2D eigenvalue weighted by molar-refractivity contribution is 6.63. The van der Waals surface area contributed by atoms with E-state index in [1.165, 1.54) is 16.6 Å². The summed E-state index contributed by atoms with van der Waals surface area (Å²) in [4.78, 5) is 0. The van der Waals surface area contributed by atoms with Crippen LogP contribution in [0.15, 0.2) is 0 Å². The van der Waals surface area contributed by atoms with E-state index in [0.717, 1.165) is 0 Å². The van der Waals surface area contributed by atoms with Crippen molar-refractivity contribution >= 4 is 8.80 Å². The van der Waals surface area contributed by atoms with Crippen LogP contribution in [0.3, 0.4) is 0 Å². The van der Waals surface area contributed by atoms with Crippen molar-refractivity contribution in [2.24, 2.45) is 0 Å². The number of rotatable bonds is 3. The fourth-order valence-electron chi connectivity index (χ4n) is 5.36. The average molecular weight is 251 g/mol. The predicted molar refractivity (Wildman–Crippen MR) is 78.4 cm³/mol. The lowest BCUT2D eigenvalue weighted by molar-refractivity contribution is 0.485. The van der Waals surface area contributed by atoms with Crippen molar-refractivity contribution in [1.82, 2.24) is 0 Å². The molecule has 0 nitrogen and oxygen atoms in total. The second kappa shape index (κ2) is 5.91. The summed E-state index contributed by atoms with van der Waals surface area (Å²) in [5.74, 6) is 0. The summed E-state index contributed by atoms with van der Waals surface area (Å²) in [6.45, 7) is 0. The molecule has 0 amide bonds. The van der Waals surface area contributed by atoms with Gasteiger partial charge in [0.15, 0.2) is 0 Å². The monoisotopic (exact) mass is 250 g/mol. The van der Waals surface area contributed by atoms with Crippen molar-refractivity contribution in [3.8, 4) is 0 Å². The molecule has 0 saturated heterocycles. The van der Waals surface area contributed by atoms with Crippen molar-refractivity contribution in [2.45, 2.75) is 100 Å². The zero-order valence-electron chi connectivity index (χ0n) is 11.5. The molecule has 0 radical (unpaired) electrons. The van der Waals surface area contributed by atoms with Crippen molar-refractivity contribution < 1.29 is 0 Å². The van der Waals surface area contributed by atoms with E-state index in [2.05, 4.69) is 0 Å². The highest BCUT2D eigenvalue weighted by atomic mass is 28.3. The van der Waals surface area contributed by atoms with Crippen molar-refractivity contribution in [2.75, 3.05) is 0 Å². The Morgan fingerprint density at radius 1 is 0.412 bits per heavy atom.